The van der Waals surface area contributed by atoms with Crippen LogP contribution in [-0.2, 0) is 4.79 Å². The zero-order valence-corrected chi connectivity index (χ0v) is 16.3. The van der Waals surface area contributed by atoms with Crippen LogP contribution in [0.5, 0.6) is 17.2 Å². The van der Waals surface area contributed by atoms with Crippen molar-refractivity contribution in [2.24, 2.45) is 0 Å². The second-order valence-electron chi connectivity index (χ2n) is 6.63. The van der Waals surface area contributed by atoms with Gasteiger partial charge in [0, 0.05) is 5.39 Å². The fourth-order valence-corrected chi connectivity index (χ4v) is 2.84. The number of hydrogen-bond donors (Lipinski definition) is 1. The van der Waals surface area contributed by atoms with Gasteiger partial charge in [-0.2, -0.15) is 0 Å². The molecule has 2 atom stereocenters. The molecule has 0 aliphatic rings. The predicted molar refractivity (Wildman–Crippen MR) is 110 cm³/mol. The zero-order chi connectivity index (χ0) is 19.9. The Kier molecular flexibility index (Phi) is 6.37. The summed E-state index contributed by atoms with van der Waals surface area (Å²) < 4.78 is 16.7. The van der Waals surface area contributed by atoms with Gasteiger partial charge in [0.2, 0.25) is 0 Å². The van der Waals surface area contributed by atoms with E-state index in [4.69, 9.17) is 14.2 Å². The molecule has 0 aromatic heterocycles. The first kappa shape index (κ1) is 19.5. The van der Waals surface area contributed by atoms with E-state index in [9.17, 15) is 4.79 Å². The lowest BCUT2D eigenvalue weighted by Crippen LogP contribution is -2.43. The number of carbonyl (C=O) groups is 1. The molecule has 0 unspecified atom stereocenters. The fourth-order valence-electron chi connectivity index (χ4n) is 2.84. The summed E-state index contributed by atoms with van der Waals surface area (Å²) in [6.07, 6.45) is -0.616. The molecule has 5 heteroatoms. The van der Waals surface area contributed by atoms with Crippen LogP contribution in [0.15, 0.2) is 66.7 Å². The minimum Gasteiger partial charge on any atom is -0.497 e. The molecule has 0 heterocycles. The summed E-state index contributed by atoms with van der Waals surface area (Å²) in [5, 5.41) is 4.99. The Hall–Kier alpha value is -3.21. The first-order valence-corrected chi connectivity index (χ1v) is 9.28. The van der Waals surface area contributed by atoms with Crippen LogP contribution in [-0.4, -0.2) is 31.8 Å². The molecule has 0 saturated carbocycles. The van der Waals surface area contributed by atoms with Crippen molar-refractivity contribution in [1.29, 1.82) is 0 Å². The van der Waals surface area contributed by atoms with Gasteiger partial charge in [-0.1, -0.05) is 36.4 Å². The molecule has 0 radical (unpaired) electrons. The normalized spacial score (nSPS) is 12.8. The van der Waals surface area contributed by atoms with Gasteiger partial charge in [0.05, 0.1) is 13.2 Å². The minimum absolute atomic E-state index is 0.159. The number of fused-ring (bicyclic) bond motifs is 1. The largest absolute Gasteiger partial charge is 0.497 e. The van der Waals surface area contributed by atoms with Gasteiger partial charge < -0.3 is 19.5 Å². The first-order chi connectivity index (χ1) is 13.6. The van der Waals surface area contributed by atoms with Gasteiger partial charge in [0.15, 0.2) is 6.10 Å². The molecule has 0 saturated heterocycles. The molecule has 0 fully saturated rings. The van der Waals surface area contributed by atoms with E-state index in [1.165, 1.54) is 0 Å². The number of amides is 1. The van der Waals surface area contributed by atoms with E-state index in [-0.39, 0.29) is 11.9 Å². The minimum atomic E-state index is -0.616. The molecule has 0 bridgehead atoms. The van der Waals surface area contributed by atoms with Gasteiger partial charge in [0.1, 0.15) is 23.9 Å². The highest BCUT2D eigenvalue weighted by atomic mass is 16.5. The van der Waals surface area contributed by atoms with E-state index < -0.39 is 6.10 Å². The summed E-state index contributed by atoms with van der Waals surface area (Å²) in [6.45, 7) is 4.00. The maximum Gasteiger partial charge on any atom is 0.261 e. The van der Waals surface area contributed by atoms with Crippen molar-refractivity contribution in [2.75, 3.05) is 13.7 Å². The molecule has 3 aromatic carbocycles. The quantitative estimate of drug-likeness (QED) is 0.637. The van der Waals surface area contributed by atoms with Crippen LogP contribution in [0.2, 0.25) is 0 Å². The molecule has 1 amide bonds. The fraction of sp³-hybridized carbons (Fsp3) is 0.261. The van der Waals surface area contributed by atoms with E-state index >= 15 is 0 Å². The molecule has 0 aliphatic heterocycles. The Morgan fingerprint density at radius 1 is 0.929 bits per heavy atom. The van der Waals surface area contributed by atoms with E-state index in [0.717, 1.165) is 22.3 Å². The third-order valence-electron chi connectivity index (χ3n) is 4.37. The molecule has 0 spiro atoms. The monoisotopic (exact) mass is 379 g/mol. The van der Waals surface area contributed by atoms with Crippen LogP contribution in [0, 0.1) is 0 Å². The Morgan fingerprint density at radius 3 is 2.36 bits per heavy atom. The van der Waals surface area contributed by atoms with E-state index in [1.54, 1.807) is 14.0 Å². The first-order valence-electron chi connectivity index (χ1n) is 9.28. The average molecular weight is 379 g/mol. The second-order valence-corrected chi connectivity index (χ2v) is 6.63. The average Bonchev–Trinajstić information content (AvgIpc) is 2.73. The van der Waals surface area contributed by atoms with E-state index in [1.807, 2.05) is 73.7 Å². The molecule has 1 N–H and O–H groups in total. The number of benzene rings is 3. The summed E-state index contributed by atoms with van der Waals surface area (Å²) in [5.41, 5.74) is 0. The smallest absolute Gasteiger partial charge is 0.261 e. The SMILES string of the molecule is COc1ccc(OC[C@@H](C)NC(=O)[C@@H](C)Oc2cccc3ccccc23)cc1. The van der Waals surface area contributed by atoms with Crippen molar-refractivity contribution >= 4 is 16.7 Å². The number of rotatable bonds is 8. The Morgan fingerprint density at radius 2 is 1.61 bits per heavy atom. The highest BCUT2D eigenvalue weighted by Crippen LogP contribution is 2.26. The van der Waals surface area contributed by atoms with E-state index in [2.05, 4.69) is 5.32 Å². The molecule has 3 rings (SSSR count). The van der Waals surface area contributed by atoms with Crippen molar-refractivity contribution in [3.63, 3.8) is 0 Å². The predicted octanol–water partition coefficient (Wildman–Crippen LogP) is 4.20. The summed E-state index contributed by atoms with van der Waals surface area (Å²) >= 11 is 0. The van der Waals surface area contributed by atoms with Gasteiger partial charge in [0.25, 0.3) is 5.91 Å². The van der Waals surface area contributed by atoms with Crippen LogP contribution in [0.4, 0.5) is 0 Å². The number of methoxy groups -OCH3 is 1. The Balaban J connectivity index is 1.52. The van der Waals surface area contributed by atoms with Gasteiger partial charge in [-0.05, 0) is 49.6 Å². The third-order valence-corrected chi connectivity index (χ3v) is 4.37. The highest BCUT2D eigenvalue weighted by molar-refractivity contribution is 5.89. The van der Waals surface area contributed by atoms with Crippen LogP contribution in [0.25, 0.3) is 10.8 Å². The van der Waals surface area contributed by atoms with Crippen LogP contribution in [0.3, 0.4) is 0 Å². The number of carbonyl (C=O) groups excluding carboxylic acids is 1. The molecular formula is C23H25NO4. The van der Waals surface area contributed by atoms with Gasteiger partial charge in [-0.15, -0.1) is 0 Å². The maximum absolute atomic E-state index is 12.5. The molecular weight excluding hydrogens is 354 g/mol. The standard InChI is InChI=1S/C23H25NO4/c1-16(15-27-20-13-11-19(26-3)12-14-20)24-23(25)17(2)28-22-10-6-8-18-7-4-5-9-21(18)22/h4-14,16-17H,15H2,1-3H3,(H,24,25)/t16-,17-/m1/s1. The maximum atomic E-state index is 12.5. The molecule has 28 heavy (non-hydrogen) atoms. The lowest BCUT2D eigenvalue weighted by Gasteiger charge is -2.20. The summed E-state index contributed by atoms with van der Waals surface area (Å²) in [5.74, 6) is 2.01. The van der Waals surface area contributed by atoms with Crippen molar-refractivity contribution in [3.8, 4) is 17.2 Å². The number of nitrogens with one attached hydrogen (secondary N) is 1. The zero-order valence-electron chi connectivity index (χ0n) is 16.3. The molecule has 146 valence electrons. The van der Waals surface area contributed by atoms with Gasteiger partial charge in [-0.3, -0.25) is 4.79 Å². The van der Waals surface area contributed by atoms with Gasteiger partial charge in [-0.25, -0.2) is 0 Å². The number of ether oxygens (including phenoxy) is 3. The van der Waals surface area contributed by atoms with Gasteiger partial charge >= 0.3 is 0 Å². The topological polar surface area (TPSA) is 56.8 Å². The van der Waals surface area contributed by atoms with E-state index in [0.29, 0.717) is 12.4 Å². The summed E-state index contributed by atoms with van der Waals surface area (Å²) in [7, 11) is 1.62. The molecule has 0 aliphatic carbocycles. The van der Waals surface area contributed by atoms with Crippen LogP contribution in [0.1, 0.15) is 13.8 Å². The lowest BCUT2D eigenvalue weighted by molar-refractivity contribution is -0.128. The third kappa shape index (κ3) is 4.94. The number of hydrogen-bond acceptors (Lipinski definition) is 4. The highest BCUT2D eigenvalue weighted by Gasteiger charge is 2.18. The Labute approximate surface area is 165 Å². The molecule has 5 nitrogen and oxygen atoms in total. The summed E-state index contributed by atoms with van der Waals surface area (Å²) in [4.78, 5) is 12.5. The van der Waals surface area contributed by atoms with Crippen molar-refractivity contribution in [2.45, 2.75) is 26.0 Å². The second kappa shape index (κ2) is 9.13. The van der Waals surface area contributed by atoms with Crippen molar-refractivity contribution in [3.05, 3.63) is 66.7 Å². The lowest BCUT2D eigenvalue weighted by atomic mass is 10.1. The summed E-state index contributed by atoms with van der Waals surface area (Å²) in [6, 6.07) is 20.9. The van der Waals surface area contributed by atoms with Crippen molar-refractivity contribution in [1.82, 2.24) is 5.32 Å². The Bertz CT molecular complexity index is 918. The van der Waals surface area contributed by atoms with Crippen LogP contribution >= 0.6 is 0 Å². The van der Waals surface area contributed by atoms with Crippen LogP contribution < -0.4 is 19.5 Å². The molecule has 3 aromatic rings. The van der Waals surface area contributed by atoms with Crippen molar-refractivity contribution < 1.29 is 19.0 Å².